The Bertz CT molecular complexity index is 846. The second-order valence-corrected chi connectivity index (χ2v) is 7.83. The Hall–Kier alpha value is -2.70. The smallest absolute Gasteiger partial charge is 0.422 e. The highest BCUT2D eigenvalue weighted by Gasteiger charge is 2.33. The van der Waals surface area contributed by atoms with Crippen molar-refractivity contribution in [2.45, 2.75) is 57.0 Å². The van der Waals surface area contributed by atoms with Crippen molar-refractivity contribution in [2.75, 3.05) is 26.3 Å². The summed E-state index contributed by atoms with van der Waals surface area (Å²) in [7, 11) is 0. The number of carbonyl (C=O) groups is 2. The predicted molar refractivity (Wildman–Crippen MR) is 108 cm³/mol. The Morgan fingerprint density at radius 1 is 1.12 bits per heavy atom. The molecule has 1 aliphatic heterocycles. The van der Waals surface area contributed by atoms with Crippen LogP contribution in [-0.4, -0.2) is 72.6 Å². The number of benzene rings is 1. The molecule has 2 unspecified atom stereocenters. The first kappa shape index (κ1) is 27.5. The lowest BCUT2D eigenvalue weighted by Gasteiger charge is -2.39. The molecule has 0 saturated carbocycles. The van der Waals surface area contributed by atoms with Gasteiger partial charge in [0.25, 0.3) is 5.91 Å². The fourth-order valence-electron chi connectivity index (χ4n) is 3.74. The summed E-state index contributed by atoms with van der Waals surface area (Å²) in [5.41, 5.74) is -0.434. The minimum Gasteiger partial charge on any atom is -0.484 e. The minimum absolute atomic E-state index is 0.00500. The van der Waals surface area contributed by atoms with E-state index < -0.39 is 54.8 Å². The van der Waals surface area contributed by atoms with Crippen molar-refractivity contribution < 1.29 is 50.5 Å². The molecular formula is C21H26F6N2O5. The van der Waals surface area contributed by atoms with Gasteiger partial charge >= 0.3 is 18.3 Å². The van der Waals surface area contributed by atoms with Gasteiger partial charge < -0.3 is 19.9 Å². The van der Waals surface area contributed by atoms with Crippen LogP contribution in [0.2, 0.25) is 0 Å². The van der Waals surface area contributed by atoms with Crippen LogP contribution in [0.5, 0.6) is 11.5 Å². The second kappa shape index (κ2) is 11.6. The number of carboxylic acid groups (broad SMARTS) is 1. The molecule has 192 valence electrons. The predicted octanol–water partition coefficient (Wildman–Crippen LogP) is 4.02. The molecule has 1 aromatic rings. The molecule has 1 aromatic carbocycles. The first-order valence-electron chi connectivity index (χ1n) is 10.6. The SMILES string of the molecule is CCC(C(=O)O)N1CCCCC1CNC(=O)c1cc(OCC(F)(F)F)ccc1OCC(F)(F)F. The van der Waals surface area contributed by atoms with Crippen molar-refractivity contribution in [3.63, 3.8) is 0 Å². The monoisotopic (exact) mass is 500 g/mol. The summed E-state index contributed by atoms with van der Waals surface area (Å²) in [5.74, 6) is -2.74. The number of nitrogens with one attached hydrogen (secondary N) is 1. The number of halogens is 6. The summed E-state index contributed by atoms with van der Waals surface area (Å²) >= 11 is 0. The maximum absolute atomic E-state index is 12.8. The number of hydrogen-bond donors (Lipinski definition) is 2. The van der Waals surface area contributed by atoms with E-state index in [0.717, 1.165) is 31.0 Å². The minimum atomic E-state index is -4.70. The summed E-state index contributed by atoms with van der Waals surface area (Å²) in [6.07, 6.45) is -6.84. The van der Waals surface area contributed by atoms with Gasteiger partial charge in [0, 0.05) is 12.6 Å². The number of alkyl halides is 6. The number of ether oxygens (including phenoxy) is 2. The molecule has 1 fully saturated rings. The quantitative estimate of drug-likeness (QED) is 0.472. The molecule has 1 heterocycles. The van der Waals surface area contributed by atoms with E-state index in [4.69, 9.17) is 0 Å². The first-order valence-corrected chi connectivity index (χ1v) is 10.6. The highest BCUT2D eigenvalue weighted by molar-refractivity contribution is 5.97. The van der Waals surface area contributed by atoms with Gasteiger partial charge in [-0.2, -0.15) is 26.3 Å². The average molecular weight is 500 g/mol. The molecule has 13 heteroatoms. The highest BCUT2D eigenvalue weighted by atomic mass is 19.4. The molecule has 0 aliphatic carbocycles. The summed E-state index contributed by atoms with van der Waals surface area (Å²) in [4.78, 5) is 26.1. The van der Waals surface area contributed by atoms with Gasteiger partial charge in [-0.1, -0.05) is 13.3 Å². The third-order valence-electron chi connectivity index (χ3n) is 5.23. The Kier molecular flexibility index (Phi) is 9.42. The van der Waals surface area contributed by atoms with Gasteiger partial charge in [0.1, 0.15) is 17.5 Å². The Balaban J connectivity index is 2.19. The van der Waals surface area contributed by atoms with Crippen LogP contribution in [-0.2, 0) is 4.79 Å². The molecule has 7 nitrogen and oxygen atoms in total. The standard InChI is InChI=1S/C21H26F6N2O5/c1-2-16(19(31)32)29-8-4-3-5-13(29)10-28-18(30)15-9-14(33-11-20(22,23)24)6-7-17(15)34-12-21(25,26)27/h6-7,9,13,16H,2-5,8,10-12H2,1H3,(H,28,30)(H,31,32). The van der Waals surface area contributed by atoms with Crippen molar-refractivity contribution in [1.82, 2.24) is 10.2 Å². The highest BCUT2D eigenvalue weighted by Crippen LogP contribution is 2.28. The molecule has 0 bridgehead atoms. The van der Waals surface area contributed by atoms with Gasteiger partial charge in [-0.3, -0.25) is 14.5 Å². The topological polar surface area (TPSA) is 88.1 Å². The zero-order valence-electron chi connectivity index (χ0n) is 18.3. The number of rotatable bonds is 10. The van der Waals surface area contributed by atoms with E-state index in [0.29, 0.717) is 19.4 Å². The molecule has 2 N–H and O–H groups in total. The Morgan fingerprint density at radius 3 is 2.35 bits per heavy atom. The molecule has 2 atom stereocenters. The molecule has 34 heavy (non-hydrogen) atoms. The molecule has 2 rings (SSSR count). The van der Waals surface area contributed by atoms with Gasteiger partial charge in [0.2, 0.25) is 0 Å². The summed E-state index contributed by atoms with van der Waals surface area (Å²) in [6, 6.07) is 1.68. The first-order chi connectivity index (χ1) is 15.8. The van der Waals surface area contributed by atoms with E-state index >= 15 is 0 Å². The van der Waals surface area contributed by atoms with Crippen LogP contribution < -0.4 is 14.8 Å². The van der Waals surface area contributed by atoms with Crippen molar-refractivity contribution in [1.29, 1.82) is 0 Å². The van der Waals surface area contributed by atoms with Gasteiger partial charge in [0.05, 0.1) is 5.56 Å². The third kappa shape index (κ3) is 8.58. The molecular weight excluding hydrogens is 474 g/mol. The zero-order chi connectivity index (χ0) is 25.5. The fraction of sp³-hybridized carbons (Fsp3) is 0.619. The van der Waals surface area contributed by atoms with E-state index in [1.807, 2.05) is 0 Å². The molecule has 0 spiro atoms. The normalized spacial score (nSPS) is 18.3. The van der Waals surface area contributed by atoms with Gasteiger partial charge in [-0.15, -0.1) is 0 Å². The Labute approximate surface area is 192 Å². The van der Waals surface area contributed by atoms with Crippen LogP contribution in [0.15, 0.2) is 18.2 Å². The second-order valence-electron chi connectivity index (χ2n) is 7.83. The fourth-order valence-corrected chi connectivity index (χ4v) is 3.74. The van der Waals surface area contributed by atoms with Gasteiger partial charge in [-0.05, 0) is 44.0 Å². The van der Waals surface area contributed by atoms with E-state index in [1.165, 1.54) is 0 Å². The van der Waals surface area contributed by atoms with Gasteiger partial charge in [-0.25, -0.2) is 0 Å². The van der Waals surface area contributed by atoms with Crippen molar-refractivity contribution in [3.05, 3.63) is 23.8 Å². The lowest BCUT2D eigenvalue weighted by molar-refractivity contribution is -0.154. The number of carbonyl (C=O) groups excluding carboxylic acids is 1. The van der Waals surface area contributed by atoms with E-state index in [2.05, 4.69) is 14.8 Å². The van der Waals surface area contributed by atoms with Gasteiger partial charge in [0.15, 0.2) is 13.2 Å². The Morgan fingerprint density at radius 2 is 1.76 bits per heavy atom. The van der Waals surface area contributed by atoms with Crippen LogP contribution in [0.4, 0.5) is 26.3 Å². The number of hydrogen-bond acceptors (Lipinski definition) is 5. The number of likely N-dealkylation sites (tertiary alicyclic amines) is 1. The van der Waals surface area contributed by atoms with E-state index in [-0.39, 0.29) is 18.3 Å². The maximum Gasteiger partial charge on any atom is 0.422 e. The van der Waals surface area contributed by atoms with E-state index in [1.54, 1.807) is 11.8 Å². The zero-order valence-corrected chi connectivity index (χ0v) is 18.3. The van der Waals surface area contributed by atoms with Crippen LogP contribution in [0.1, 0.15) is 43.0 Å². The summed E-state index contributed by atoms with van der Waals surface area (Å²) < 4.78 is 84.4. The number of nitrogens with zero attached hydrogens (tertiary/aromatic N) is 1. The molecule has 1 amide bonds. The summed E-state index contributed by atoms with van der Waals surface area (Å²) in [6.45, 7) is -1.13. The lowest BCUT2D eigenvalue weighted by Crippen LogP contribution is -2.53. The van der Waals surface area contributed by atoms with Crippen LogP contribution in [0.25, 0.3) is 0 Å². The summed E-state index contributed by atoms with van der Waals surface area (Å²) in [5, 5.41) is 12.0. The van der Waals surface area contributed by atoms with Crippen molar-refractivity contribution in [2.24, 2.45) is 0 Å². The molecule has 1 saturated heterocycles. The average Bonchev–Trinajstić information content (AvgIpc) is 2.74. The van der Waals surface area contributed by atoms with Crippen molar-refractivity contribution in [3.8, 4) is 11.5 Å². The molecule has 1 aliphatic rings. The molecule has 0 aromatic heterocycles. The molecule has 0 radical (unpaired) electrons. The van der Waals surface area contributed by atoms with Crippen molar-refractivity contribution >= 4 is 11.9 Å². The lowest BCUT2D eigenvalue weighted by atomic mass is 9.98. The largest absolute Gasteiger partial charge is 0.484 e. The number of amides is 1. The maximum atomic E-state index is 12.8. The van der Waals surface area contributed by atoms with Crippen LogP contribution >= 0.6 is 0 Å². The van der Waals surface area contributed by atoms with E-state index in [9.17, 15) is 41.0 Å². The number of piperidine rings is 1. The van der Waals surface area contributed by atoms with Crippen LogP contribution in [0, 0.1) is 0 Å². The number of carboxylic acids is 1. The number of aliphatic carboxylic acids is 1. The van der Waals surface area contributed by atoms with Crippen LogP contribution in [0.3, 0.4) is 0 Å². The third-order valence-corrected chi connectivity index (χ3v) is 5.23.